The standard InChI is InChI=1S/C16H11ClN4O/c17-11-6-2-4-8-13(11)22-16-15-14(18-9-19-16)10-5-1-3-7-12(10)20-21-15/h1-8,18H,9H2. The maximum atomic E-state index is 6.13. The molecule has 1 aliphatic rings. The topological polar surface area (TPSA) is 59.4 Å². The third kappa shape index (κ3) is 2.16. The van der Waals surface area contributed by atoms with E-state index < -0.39 is 0 Å². The van der Waals surface area contributed by atoms with Crippen LogP contribution in [0, 0.1) is 0 Å². The molecule has 0 saturated heterocycles. The lowest BCUT2D eigenvalue weighted by atomic mass is 10.1. The predicted octanol–water partition coefficient (Wildman–Crippen LogP) is 3.49. The van der Waals surface area contributed by atoms with Crippen LogP contribution in [-0.2, 0) is 0 Å². The molecule has 0 amide bonds. The van der Waals surface area contributed by atoms with Crippen LogP contribution in [0.3, 0.4) is 0 Å². The van der Waals surface area contributed by atoms with Crippen LogP contribution in [-0.4, -0.2) is 22.8 Å². The van der Waals surface area contributed by atoms with E-state index in [1.54, 1.807) is 12.1 Å². The molecule has 1 aliphatic heterocycles. The number of aliphatic imine (C=N–C) groups is 1. The largest absolute Gasteiger partial charge is 0.436 e. The van der Waals surface area contributed by atoms with Crippen LogP contribution in [0.1, 0.15) is 5.69 Å². The zero-order valence-electron chi connectivity index (χ0n) is 11.5. The van der Waals surface area contributed by atoms with Crippen LogP contribution >= 0.6 is 11.6 Å². The highest BCUT2D eigenvalue weighted by Gasteiger charge is 2.21. The van der Waals surface area contributed by atoms with Gasteiger partial charge in [-0.15, -0.1) is 10.2 Å². The van der Waals surface area contributed by atoms with Gasteiger partial charge in [-0.1, -0.05) is 41.9 Å². The van der Waals surface area contributed by atoms with E-state index >= 15 is 0 Å². The first-order valence-electron chi connectivity index (χ1n) is 6.79. The molecule has 0 bridgehead atoms. The van der Waals surface area contributed by atoms with E-state index in [4.69, 9.17) is 16.3 Å². The summed E-state index contributed by atoms with van der Waals surface area (Å²) in [6, 6.07) is 15.1. The van der Waals surface area contributed by atoms with Gasteiger partial charge in [0.2, 0.25) is 5.90 Å². The summed E-state index contributed by atoms with van der Waals surface area (Å²) in [5.74, 6) is 0.964. The average Bonchev–Trinajstić information content (AvgIpc) is 2.57. The fourth-order valence-electron chi connectivity index (χ4n) is 2.36. The van der Waals surface area contributed by atoms with Gasteiger partial charge in [0.05, 0.1) is 16.2 Å². The molecule has 5 nitrogen and oxygen atoms in total. The first-order chi connectivity index (χ1) is 10.8. The molecule has 1 aromatic heterocycles. The highest BCUT2D eigenvalue weighted by atomic mass is 35.5. The van der Waals surface area contributed by atoms with Gasteiger partial charge < -0.3 is 10.1 Å². The van der Waals surface area contributed by atoms with Crippen molar-refractivity contribution < 1.29 is 4.74 Å². The average molecular weight is 311 g/mol. The molecule has 2 aromatic carbocycles. The predicted molar refractivity (Wildman–Crippen MR) is 86.6 cm³/mol. The lowest BCUT2D eigenvalue weighted by Crippen LogP contribution is -2.22. The molecular formula is C16H11ClN4O. The van der Waals surface area contributed by atoms with E-state index in [-0.39, 0.29) is 0 Å². The first kappa shape index (κ1) is 13.0. The molecule has 3 aromatic rings. The van der Waals surface area contributed by atoms with Crippen LogP contribution in [0.25, 0.3) is 10.9 Å². The highest BCUT2D eigenvalue weighted by Crippen LogP contribution is 2.29. The summed E-state index contributed by atoms with van der Waals surface area (Å²) in [5.41, 5.74) is 2.29. The van der Waals surface area contributed by atoms with E-state index in [9.17, 15) is 0 Å². The molecule has 6 heteroatoms. The summed E-state index contributed by atoms with van der Waals surface area (Å²) in [6.07, 6.45) is 0. The molecule has 1 N–H and O–H groups in total. The van der Waals surface area contributed by atoms with Crippen LogP contribution in [0.15, 0.2) is 53.5 Å². The number of nitrogens with one attached hydrogen (secondary N) is 1. The second-order valence-corrected chi connectivity index (χ2v) is 5.18. The van der Waals surface area contributed by atoms with E-state index in [0.717, 1.165) is 16.6 Å². The summed E-state index contributed by atoms with van der Waals surface area (Å²) < 4.78 is 5.84. The summed E-state index contributed by atoms with van der Waals surface area (Å²) >= 11 is 6.13. The van der Waals surface area contributed by atoms with Gasteiger partial charge in [0.15, 0.2) is 5.69 Å². The number of rotatable bonds is 1. The fourth-order valence-corrected chi connectivity index (χ4v) is 2.53. The van der Waals surface area contributed by atoms with Crippen molar-refractivity contribution in [1.29, 1.82) is 0 Å². The number of hydrogen-bond donors (Lipinski definition) is 1. The maximum absolute atomic E-state index is 6.13. The van der Waals surface area contributed by atoms with E-state index in [2.05, 4.69) is 20.5 Å². The number of ether oxygens (including phenoxy) is 1. The Hall–Kier alpha value is -2.66. The van der Waals surface area contributed by atoms with E-state index in [0.29, 0.717) is 29.0 Å². The fraction of sp³-hybridized carbons (Fsp3) is 0.0625. The third-order valence-corrected chi connectivity index (χ3v) is 3.70. The van der Waals surface area contributed by atoms with E-state index in [1.165, 1.54) is 0 Å². The normalized spacial score (nSPS) is 13.2. The Bertz CT molecular complexity index is 894. The monoisotopic (exact) mass is 310 g/mol. The van der Waals surface area contributed by atoms with Crippen LogP contribution < -0.4 is 10.1 Å². The number of benzene rings is 2. The summed E-state index contributed by atoms with van der Waals surface area (Å²) in [6.45, 7) is 0.419. The van der Waals surface area contributed by atoms with Gasteiger partial charge in [-0.3, -0.25) is 0 Å². The SMILES string of the molecule is Clc1ccccc1OC1=NCNc2c1nnc1ccccc21. The molecule has 0 atom stereocenters. The van der Waals surface area contributed by atoms with Crippen molar-refractivity contribution in [2.45, 2.75) is 0 Å². The second-order valence-electron chi connectivity index (χ2n) is 4.77. The molecule has 0 aliphatic carbocycles. The third-order valence-electron chi connectivity index (χ3n) is 3.39. The Morgan fingerprint density at radius 2 is 1.82 bits per heavy atom. The van der Waals surface area contributed by atoms with Gasteiger partial charge in [0.25, 0.3) is 0 Å². The Kier molecular flexibility index (Phi) is 3.12. The maximum Gasteiger partial charge on any atom is 0.246 e. The van der Waals surface area contributed by atoms with Crippen molar-refractivity contribution >= 4 is 34.1 Å². The van der Waals surface area contributed by atoms with Gasteiger partial charge >= 0.3 is 0 Å². The van der Waals surface area contributed by atoms with Gasteiger partial charge in [-0.25, -0.2) is 4.99 Å². The number of anilines is 1. The summed E-state index contributed by atoms with van der Waals surface area (Å²) in [4.78, 5) is 4.34. The molecule has 0 spiro atoms. The smallest absolute Gasteiger partial charge is 0.246 e. The Morgan fingerprint density at radius 1 is 1.00 bits per heavy atom. The van der Waals surface area contributed by atoms with E-state index in [1.807, 2.05) is 36.4 Å². The minimum absolute atomic E-state index is 0.417. The molecule has 4 rings (SSSR count). The van der Waals surface area contributed by atoms with Gasteiger partial charge in [0.1, 0.15) is 12.4 Å². The van der Waals surface area contributed by atoms with Crippen molar-refractivity contribution in [2.75, 3.05) is 12.0 Å². The lowest BCUT2D eigenvalue weighted by molar-refractivity contribution is 0.544. The molecule has 0 fully saturated rings. The minimum atomic E-state index is 0.417. The number of hydrogen-bond acceptors (Lipinski definition) is 5. The van der Waals surface area contributed by atoms with Crippen molar-refractivity contribution in [3.63, 3.8) is 0 Å². The van der Waals surface area contributed by atoms with Crippen molar-refractivity contribution in [2.24, 2.45) is 4.99 Å². The molecule has 22 heavy (non-hydrogen) atoms. The quantitative estimate of drug-likeness (QED) is 0.747. The number of para-hydroxylation sites is 1. The van der Waals surface area contributed by atoms with Crippen LogP contribution in [0.5, 0.6) is 5.75 Å². The van der Waals surface area contributed by atoms with Crippen molar-refractivity contribution in [3.8, 4) is 5.75 Å². The molecule has 0 radical (unpaired) electrons. The number of aromatic nitrogens is 2. The molecule has 2 heterocycles. The Balaban J connectivity index is 1.80. The first-order valence-corrected chi connectivity index (χ1v) is 7.17. The zero-order valence-corrected chi connectivity index (χ0v) is 12.2. The Labute approximate surface area is 131 Å². The van der Waals surface area contributed by atoms with Gasteiger partial charge in [-0.05, 0) is 18.2 Å². The number of nitrogens with zero attached hydrogens (tertiary/aromatic N) is 3. The minimum Gasteiger partial charge on any atom is -0.436 e. The summed E-state index contributed by atoms with van der Waals surface area (Å²) in [7, 11) is 0. The van der Waals surface area contributed by atoms with Gasteiger partial charge in [0, 0.05) is 5.39 Å². The molecule has 0 saturated carbocycles. The highest BCUT2D eigenvalue weighted by molar-refractivity contribution is 6.32. The van der Waals surface area contributed by atoms with Crippen molar-refractivity contribution in [1.82, 2.24) is 10.2 Å². The second kappa shape index (κ2) is 5.27. The van der Waals surface area contributed by atoms with Gasteiger partial charge in [-0.2, -0.15) is 0 Å². The number of fused-ring (bicyclic) bond motifs is 3. The Morgan fingerprint density at radius 3 is 2.73 bits per heavy atom. The molecular weight excluding hydrogens is 300 g/mol. The van der Waals surface area contributed by atoms with Crippen LogP contribution in [0.2, 0.25) is 5.02 Å². The molecule has 0 unspecified atom stereocenters. The number of halogens is 1. The van der Waals surface area contributed by atoms with Crippen molar-refractivity contribution in [3.05, 3.63) is 59.2 Å². The summed E-state index contributed by atoms with van der Waals surface area (Å²) in [5, 5.41) is 13.2. The lowest BCUT2D eigenvalue weighted by Gasteiger charge is -2.18. The zero-order chi connectivity index (χ0) is 14.9. The molecule has 108 valence electrons. The van der Waals surface area contributed by atoms with Crippen LogP contribution in [0.4, 0.5) is 5.69 Å².